The van der Waals surface area contributed by atoms with Gasteiger partial charge in [-0.05, 0) is 70.1 Å². The Morgan fingerprint density at radius 3 is 1.82 bits per heavy atom. The molecule has 2 aromatic heterocycles. The van der Waals surface area contributed by atoms with Crippen molar-refractivity contribution in [1.82, 2.24) is 15.0 Å². The van der Waals surface area contributed by atoms with Gasteiger partial charge in [-0.25, -0.2) is 15.0 Å². The second-order valence-electron chi connectivity index (χ2n) is 15.8. The van der Waals surface area contributed by atoms with E-state index in [0.717, 1.165) is 49.8 Å². The van der Waals surface area contributed by atoms with Crippen LogP contribution in [-0.2, 0) is 5.41 Å². The number of para-hydroxylation sites is 2. The van der Waals surface area contributed by atoms with E-state index in [2.05, 4.69) is 130 Å². The van der Waals surface area contributed by atoms with Crippen LogP contribution in [0, 0.1) is 0 Å². The van der Waals surface area contributed by atoms with E-state index in [1.807, 2.05) is 60.7 Å². The third kappa shape index (κ3) is 5.45. The van der Waals surface area contributed by atoms with E-state index >= 15 is 0 Å². The van der Waals surface area contributed by atoms with Crippen LogP contribution < -0.4 is 5.19 Å². The SMILES string of the molecule is CC1(c2ccccc2)c2cc(-c3cccc(-c4nc(-c5ccccc5)nc(-c5cccc6c5oc5ccccc56)n4)c3)ccc2-c2ccc([Si](C)(C)C)cc21. The van der Waals surface area contributed by atoms with E-state index in [4.69, 9.17) is 19.4 Å². The van der Waals surface area contributed by atoms with Crippen molar-refractivity contribution in [2.75, 3.05) is 0 Å². The van der Waals surface area contributed by atoms with Gasteiger partial charge >= 0.3 is 0 Å². The molecule has 9 aromatic rings. The zero-order chi connectivity index (χ0) is 37.3. The van der Waals surface area contributed by atoms with Gasteiger partial charge < -0.3 is 4.42 Å². The van der Waals surface area contributed by atoms with Crippen LogP contribution in [0.1, 0.15) is 23.6 Å². The van der Waals surface area contributed by atoms with E-state index in [9.17, 15) is 0 Å². The van der Waals surface area contributed by atoms with Crippen molar-refractivity contribution in [3.63, 3.8) is 0 Å². The van der Waals surface area contributed by atoms with E-state index in [1.165, 1.54) is 33.0 Å². The van der Waals surface area contributed by atoms with Crippen molar-refractivity contribution in [3.05, 3.63) is 180 Å². The third-order valence-corrected chi connectivity index (χ3v) is 13.4. The summed E-state index contributed by atoms with van der Waals surface area (Å²) in [6, 6.07) is 58.2. The molecule has 0 N–H and O–H groups in total. The van der Waals surface area contributed by atoms with Crippen LogP contribution >= 0.6 is 0 Å². The van der Waals surface area contributed by atoms with Gasteiger partial charge in [-0.2, -0.15) is 0 Å². The summed E-state index contributed by atoms with van der Waals surface area (Å²) in [4.78, 5) is 15.3. The number of hydrogen-bond donors (Lipinski definition) is 0. The lowest BCUT2D eigenvalue weighted by Crippen LogP contribution is -2.38. The van der Waals surface area contributed by atoms with Crippen LogP contribution in [0.2, 0.25) is 19.6 Å². The summed E-state index contributed by atoms with van der Waals surface area (Å²) >= 11 is 0. The summed E-state index contributed by atoms with van der Waals surface area (Å²) in [7, 11) is -1.54. The van der Waals surface area contributed by atoms with Crippen molar-refractivity contribution >= 4 is 35.2 Å². The Bertz CT molecular complexity index is 2930. The third-order valence-electron chi connectivity index (χ3n) is 11.4. The molecule has 0 radical (unpaired) electrons. The number of rotatable bonds is 6. The first-order chi connectivity index (χ1) is 26.8. The van der Waals surface area contributed by atoms with Gasteiger partial charge in [0.2, 0.25) is 0 Å². The predicted octanol–water partition coefficient (Wildman–Crippen LogP) is 12.3. The summed E-state index contributed by atoms with van der Waals surface area (Å²) in [6.07, 6.45) is 0. The lowest BCUT2D eigenvalue weighted by Gasteiger charge is -2.30. The van der Waals surface area contributed by atoms with Crippen LogP contribution in [0.15, 0.2) is 168 Å². The predicted molar refractivity (Wildman–Crippen MR) is 229 cm³/mol. The molecule has 4 nitrogen and oxygen atoms in total. The van der Waals surface area contributed by atoms with Crippen LogP contribution in [0.25, 0.3) is 78.4 Å². The van der Waals surface area contributed by atoms with Crippen LogP contribution in [0.3, 0.4) is 0 Å². The highest BCUT2D eigenvalue weighted by atomic mass is 28.3. The van der Waals surface area contributed by atoms with Gasteiger partial charge in [-0.15, -0.1) is 0 Å². The molecule has 2 heterocycles. The van der Waals surface area contributed by atoms with Crippen molar-refractivity contribution in [3.8, 4) is 56.4 Å². The Morgan fingerprint density at radius 2 is 1.04 bits per heavy atom. The molecule has 264 valence electrons. The molecular formula is C50H39N3OSi. The summed E-state index contributed by atoms with van der Waals surface area (Å²) in [5, 5.41) is 3.59. The monoisotopic (exact) mass is 725 g/mol. The van der Waals surface area contributed by atoms with Gasteiger partial charge in [-0.3, -0.25) is 0 Å². The maximum absolute atomic E-state index is 6.44. The molecule has 0 fully saturated rings. The minimum absolute atomic E-state index is 0.291. The molecule has 0 aliphatic heterocycles. The molecule has 55 heavy (non-hydrogen) atoms. The Kier molecular flexibility index (Phi) is 7.58. The van der Waals surface area contributed by atoms with Crippen molar-refractivity contribution < 1.29 is 4.42 Å². The van der Waals surface area contributed by atoms with Crippen LogP contribution in [-0.4, -0.2) is 23.0 Å². The number of aromatic nitrogens is 3. The molecule has 1 aliphatic carbocycles. The first kappa shape index (κ1) is 33.2. The summed E-state index contributed by atoms with van der Waals surface area (Å²) < 4.78 is 6.44. The largest absolute Gasteiger partial charge is 0.455 e. The lowest BCUT2D eigenvalue weighted by molar-refractivity contribution is 0.669. The zero-order valence-corrected chi connectivity index (χ0v) is 32.3. The molecule has 5 heteroatoms. The number of benzene rings is 7. The van der Waals surface area contributed by atoms with E-state index in [0.29, 0.717) is 17.5 Å². The fraction of sp³-hybridized carbons (Fsp3) is 0.100. The normalized spacial score (nSPS) is 15.0. The molecule has 0 saturated carbocycles. The molecule has 7 aromatic carbocycles. The van der Waals surface area contributed by atoms with Gasteiger partial charge in [0.1, 0.15) is 11.2 Å². The number of nitrogens with zero attached hydrogens (tertiary/aromatic N) is 3. The van der Waals surface area contributed by atoms with Gasteiger partial charge in [0, 0.05) is 27.3 Å². The minimum atomic E-state index is -1.54. The molecule has 1 atom stereocenters. The first-order valence-corrected chi connectivity index (χ1v) is 22.4. The van der Waals surface area contributed by atoms with Crippen LogP contribution in [0.5, 0.6) is 0 Å². The minimum Gasteiger partial charge on any atom is -0.455 e. The summed E-state index contributed by atoms with van der Waals surface area (Å²) in [6.45, 7) is 9.69. The van der Waals surface area contributed by atoms with Gasteiger partial charge in [0.05, 0.1) is 13.6 Å². The molecule has 1 aliphatic rings. The maximum Gasteiger partial charge on any atom is 0.167 e. The second kappa shape index (κ2) is 12.6. The average Bonchev–Trinajstić information content (AvgIpc) is 3.74. The van der Waals surface area contributed by atoms with E-state index in [-0.39, 0.29) is 5.41 Å². The number of furan rings is 1. The molecule has 10 rings (SSSR count). The Hall–Kier alpha value is -6.43. The highest BCUT2D eigenvalue weighted by molar-refractivity contribution is 6.88. The van der Waals surface area contributed by atoms with Gasteiger partial charge in [0.25, 0.3) is 0 Å². The smallest absolute Gasteiger partial charge is 0.167 e. The molecular weight excluding hydrogens is 687 g/mol. The lowest BCUT2D eigenvalue weighted by atomic mass is 9.74. The summed E-state index contributed by atoms with van der Waals surface area (Å²) in [5.74, 6) is 1.80. The summed E-state index contributed by atoms with van der Waals surface area (Å²) in [5.41, 5.74) is 12.9. The van der Waals surface area contributed by atoms with Crippen LogP contribution in [0.4, 0.5) is 0 Å². The van der Waals surface area contributed by atoms with E-state index in [1.54, 1.807) is 0 Å². The number of fused-ring (bicyclic) bond motifs is 6. The molecule has 0 spiro atoms. The van der Waals surface area contributed by atoms with Gasteiger partial charge in [-0.1, -0.05) is 164 Å². The standard InChI is InChI=1S/C50H39N3OSi/c1-50(36-19-9-6-10-20-36)43-30-34(25-27-38(43)39-28-26-37(31-44(39)50)55(2,3)4)33-17-13-18-35(29-33)48-51-47(32-15-7-5-8-16-32)52-49(53-48)42-23-14-22-41-40-21-11-12-24-45(40)54-46(41)42/h5-31H,1-4H3. The topological polar surface area (TPSA) is 51.8 Å². The Morgan fingerprint density at radius 1 is 0.455 bits per heavy atom. The van der Waals surface area contributed by atoms with Crippen molar-refractivity contribution in [2.24, 2.45) is 0 Å². The highest BCUT2D eigenvalue weighted by Crippen LogP contribution is 2.53. The van der Waals surface area contributed by atoms with Crippen molar-refractivity contribution in [1.29, 1.82) is 0 Å². The molecule has 1 unspecified atom stereocenters. The first-order valence-electron chi connectivity index (χ1n) is 18.9. The second-order valence-corrected chi connectivity index (χ2v) is 20.9. The number of hydrogen-bond acceptors (Lipinski definition) is 4. The van der Waals surface area contributed by atoms with Crippen molar-refractivity contribution in [2.45, 2.75) is 32.0 Å². The highest BCUT2D eigenvalue weighted by Gasteiger charge is 2.41. The average molecular weight is 726 g/mol. The van der Waals surface area contributed by atoms with E-state index < -0.39 is 8.07 Å². The maximum atomic E-state index is 6.44. The fourth-order valence-electron chi connectivity index (χ4n) is 8.36. The molecule has 0 bridgehead atoms. The molecule has 0 amide bonds. The molecule has 0 saturated heterocycles. The fourth-order valence-corrected chi connectivity index (χ4v) is 9.52. The quantitative estimate of drug-likeness (QED) is 0.160. The zero-order valence-electron chi connectivity index (χ0n) is 31.3. The van der Waals surface area contributed by atoms with Gasteiger partial charge in [0.15, 0.2) is 17.5 Å². The Balaban J connectivity index is 1.12. The Labute approximate surface area is 322 Å².